The zero-order chi connectivity index (χ0) is 44.5. The molecular formula is C44H61ClN6O11. The summed E-state index contributed by atoms with van der Waals surface area (Å²) in [5, 5.41) is 42.0. The molecule has 4 aromatic rings. The number of amides is 1. The zero-order valence-corrected chi connectivity index (χ0v) is 36.6. The summed E-state index contributed by atoms with van der Waals surface area (Å²) in [4.78, 5) is 17.0. The Bertz CT molecular complexity index is 2020. The smallest absolute Gasteiger partial charge is 0.407 e. The van der Waals surface area contributed by atoms with Crippen molar-refractivity contribution in [2.75, 3.05) is 78.5 Å². The number of halogens is 1. The Balaban J connectivity index is 1.15. The summed E-state index contributed by atoms with van der Waals surface area (Å²) in [5.41, 5.74) is 10.4. The van der Waals surface area contributed by atoms with Crippen molar-refractivity contribution >= 4 is 40.4 Å². The lowest BCUT2D eigenvalue weighted by atomic mass is 9.91. The van der Waals surface area contributed by atoms with Crippen molar-refractivity contribution in [1.82, 2.24) is 14.9 Å². The topological polar surface area (TPSA) is 222 Å². The van der Waals surface area contributed by atoms with Crippen molar-refractivity contribution in [3.8, 4) is 22.6 Å². The van der Waals surface area contributed by atoms with Gasteiger partial charge in [0.05, 0.1) is 93.1 Å². The van der Waals surface area contributed by atoms with E-state index in [1.54, 1.807) is 23.9 Å². The molecule has 2 heterocycles. The van der Waals surface area contributed by atoms with Crippen LogP contribution in [-0.4, -0.2) is 140 Å². The molecule has 1 fully saturated rings. The SMILES string of the molecule is COCCOCCOCCOCC(O)C(O)COCCOc1ccc(-c2cc3c(NC4CCC(NC(=O)OC(C)(C)C)CC4)c(C(N)=Nc4ccc(O)cc4Cl)cnn3c2)cc1. The van der Waals surface area contributed by atoms with Gasteiger partial charge in [0.1, 0.15) is 41.8 Å². The molecule has 0 aliphatic heterocycles. The fraction of sp³-hybridized carbons (Fsp3) is 0.523. The highest BCUT2D eigenvalue weighted by molar-refractivity contribution is 6.33. The lowest BCUT2D eigenvalue weighted by Gasteiger charge is -2.31. The van der Waals surface area contributed by atoms with E-state index in [2.05, 4.69) is 20.7 Å². The van der Waals surface area contributed by atoms with E-state index in [1.807, 2.05) is 57.3 Å². The highest BCUT2D eigenvalue weighted by Crippen LogP contribution is 2.34. The molecule has 1 aliphatic carbocycles. The van der Waals surface area contributed by atoms with Crippen LogP contribution in [0.4, 0.5) is 16.2 Å². The number of carbonyl (C=O) groups is 1. The summed E-state index contributed by atoms with van der Waals surface area (Å²) >= 11 is 6.38. The van der Waals surface area contributed by atoms with Crippen LogP contribution < -0.4 is 21.1 Å². The number of nitrogens with two attached hydrogens (primary N) is 1. The second-order valence-corrected chi connectivity index (χ2v) is 16.2. The summed E-state index contributed by atoms with van der Waals surface area (Å²) in [6.07, 6.45) is 4.06. The fourth-order valence-electron chi connectivity index (χ4n) is 6.57. The number of hydrogen-bond donors (Lipinski definition) is 6. The number of ether oxygens (including phenoxy) is 7. The number of hydrogen-bond acceptors (Lipinski definition) is 14. The lowest BCUT2D eigenvalue weighted by molar-refractivity contribution is -0.0789. The number of alkyl carbamates (subject to hydrolysis) is 1. The summed E-state index contributed by atoms with van der Waals surface area (Å²) in [5.74, 6) is 0.845. The van der Waals surface area contributed by atoms with Crippen LogP contribution in [0, 0.1) is 0 Å². The van der Waals surface area contributed by atoms with Gasteiger partial charge in [-0.3, -0.25) is 0 Å². The molecule has 0 spiro atoms. The minimum Gasteiger partial charge on any atom is -0.508 e. The maximum absolute atomic E-state index is 12.4. The van der Waals surface area contributed by atoms with Gasteiger partial charge in [-0.1, -0.05) is 23.7 Å². The van der Waals surface area contributed by atoms with Crippen LogP contribution in [0.15, 0.2) is 65.9 Å². The van der Waals surface area contributed by atoms with Gasteiger partial charge in [-0.25, -0.2) is 14.3 Å². The summed E-state index contributed by atoms with van der Waals surface area (Å²) in [6, 6.07) is 14.2. The number of nitrogens with zero attached hydrogens (tertiary/aromatic N) is 3. The van der Waals surface area contributed by atoms with Gasteiger partial charge in [0.25, 0.3) is 0 Å². The van der Waals surface area contributed by atoms with Crippen molar-refractivity contribution in [1.29, 1.82) is 0 Å². The molecule has 0 bridgehead atoms. The molecule has 340 valence electrons. The molecule has 2 aromatic carbocycles. The number of aliphatic hydroxyl groups is 2. The van der Waals surface area contributed by atoms with Crippen LogP contribution in [0.3, 0.4) is 0 Å². The largest absolute Gasteiger partial charge is 0.508 e. The minimum absolute atomic E-state index is 0.000371. The molecule has 17 nitrogen and oxygen atoms in total. The number of phenols is 1. The normalized spacial score (nSPS) is 16.9. The number of aromatic nitrogens is 2. The van der Waals surface area contributed by atoms with Crippen molar-refractivity contribution in [3.63, 3.8) is 0 Å². The Kier molecular flexibility index (Phi) is 18.9. The Morgan fingerprint density at radius 1 is 0.871 bits per heavy atom. The van der Waals surface area contributed by atoms with Crippen molar-refractivity contribution < 1.29 is 53.3 Å². The first-order valence-corrected chi connectivity index (χ1v) is 21.2. The molecule has 2 unspecified atom stereocenters. The Labute approximate surface area is 367 Å². The molecule has 5 rings (SSSR count). The number of methoxy groups -OCH3 is 1. The first-order valence-electron chi connectivity index (χ1n) is 20.8. The average molecular weight is 885 g/mol. The van der Waals surface area contributed by atoms with E-state index in [4.69, 9.17) is 50.5 Å². The van der Waals surface area contributed by atoms with Gasteiger partial charge in [-0.05, 0) is 82.3 Å². The third kappa shape index (κ3) is 15.6. The number of aromatic hydroxyl groups is 1. The molecule has 1 saturated carbocycles. The van der Waals surface area contributed by atoms with E-state index in [9.17, 15) is 20.1 Å². The number of carbonyl (C=O) groups excluding carboxylic acids is 1. The van der Waals surface area contributed by atoms with Gasteiger partial charge >= 0.3 is 6.09 Å². The fourth-order valence-corrected chi connectivity index (χ4v) is 6.79. The Morgan fingerprint density at radius 3 is 2.11 bits per heavy atom. The summed E-state index contributed by atoms with van der Waals surface area (Å²) < 4.78 is 39.6. The van der Waals surface area contributed by atoms with Gasteiger partial charge in [-0.15, -0.1) is 0 Å². The number of amidine groups is 1. The summed E-state index contributed by atoms with van der Waals surface area (Å²) in [7, 11) is 1.61. The first-order chi connectivity index (χ1) is 29.8. The third-order valence-corrected chi connectivity index (χ3v) is 10.1. The van der Waals surface area contributed by atoms with Crippen LogP contribution in [0.1, 0.15) is 52.0 Å². The number of phenolic OH excluding ortho intramolecular Hbond substituents is 1. The van der Waals surface area contributed by atoms with Crippen molar-refractivity contribution in [2.45, 2.75) is 76.3 Å². The van der Waals surface area contributed by atoms with E-state index < -0.39 is 23.9 Å². The van der Waals surface area contributed by atoms with E-state index in [0.29, 0.717) is 50.0 Å². The minimum atomic E-state index is -1.12. The molecule has 0 radical (unpaired) electrons. The number of aliphatic hydroxyl groups excluding tert-OH is 2. The second kappa shape index (κ2) is 24.2. The van der Waals surface area contributed by atoms with Crippen molar-refractivity contribution in [3.05, 3.63) is 71.5 Å². The van der Waals surface area contributed by atoms with Gasteiger partial charge in [0.2, 0.25) is 0 Å². The summed E-state index contributed by atoms with van der Waals surface area (Å²) in [6.45, 7) is 8.38. The Hall–Kier alpha value is -4.72. The lowest BCUT2D eigenvalue weighted by Crippen LogP contribution is -2.42. The van der Waals surface area contributed by atoms with Gasteiger partial charge in [-0.2, -0.15) is 5.10 Å². The number of nitrogens with one attached hydrogen (secondary N) is 2. The van der Waals surface area contributed by atoms with Crippen LogP contribution >= 0.6 is 11.6 Å². The molecule has 1 aliphatic rings. The maximum Gasteiger partial charge on any atom is 0.407 e. The van der Waals surface area contributed by atoms with Gasteiger partial charge < -0.3 is 64.8 Å². The maximum atomic E-state index is 12.4. The van der Waals surface area contributed by atoms with E-state index in [1.165, 1.54) is 12.1 Å². The molecule has 0 saturated heterocycles. The predicted molar refractivity (Wildman–Crippen MR) is 236 cm³/mol. The molecule has 7 N–H and O–H groups in total. The molecule has 1 amide bonds. The number of benzene rings is 2. The first kappa shape index (κ1) is 48.3. The van der Waals surface area contributed by atoms with E-state index in [-0.39, 0.29) is 61.7 Å². The zero-order valence-electron chi connectivity index (χ0n) is 35.9. The number of anilines is 1. The molecule has 2 aromatic heterocycles. The number of aliphatic imine (C=N–C) groups is 1. The van der Waals surface area contributed by atoms with Crippen LogP contribution in [-0.2, 0) is 28.4 Å². The third-order valence-electron chi connectivity index (χ3n) is 9.76. The highest BCUT2D eigenvalue weighted by Gasteiger charge is 2.27. The van der Waals surface area contributed by atoms with E-state index >= 15 is 0 Å². The highest BCUT2D eigenvalue weighted by atomic mass is 35.5. The second-order valence-electron chi connectivity index (χ2n) is 15.8. The standard InChI is InChI=1S/C44H61ClN6O11/c1-44(2,3)62-43(55)49-32-9-7-31(8-10-32)48-41-35(42(46)50-37-14-11-33(52)24-36(37)45)25-47-51-26-30(23-38(41)51)29-5-12-34(13-6-29)61-22-21-60-28-40(54)39(53)27-59-20-19-58-18-17-57-16-15-56-4/h5-6,11-14,23-26,31-32,39-40,48,52-54H,7-10,15-22,27-28H2,1-4H3,(H2,46,50)(H,49,55). The molecule has 18 heteroatoms. The molecular weight excluding hydrogens is 824 g/mol. The quantitative estimate of drug-likeness (QED) is 0.0293. The van der Waals surface area contributed by atoms with Gasteiger partial charge in [0.15, 0.2) is 0 Å². The van der Waals surface area contributed by atoms with Crippen LogP contribution in [0.5, 0.6) is 11.5 Å². The molecule has 2 atom stereocenters. The Morgan fingerprint density at radius 2 is 1.48 bits per heavy atom. The number of rotatable bonds is 24. The van der Waals surface area contributed by atoms with E-state index in [0.717, 1.165) is 48.0 Å². The number of fused-ring (bicyclic) bond motifs is 1. The molecule has 62 heavy (non-hydrogen) atoms. The monoisotopic (exact) mass is 884 g/mol. The predicted octanol–water partition coefficient (Wildman–Crippen LogP) is 5.46. The van der Waals surface area contributed by atoms with Crippen molar-refractivity contribution in [2.24, 2.45) is 10.7 Å². The van der Waals surface area contributed by atoms with Crippen LogP contribution in [0.25, 0.3) is 16.6 Å². The van der Waals surface area contributed by atoms with Gasteiger partial charge in [0, 0.05) is 37.0 Å². The van der Waals surface area contributed by atoms with Crippen LogP contribution in [0.2, 0.25) is 5.02 Å². The average Bonchev–Trinajstić information content (AvgIpc) is 3.67.